The van der Waals surface area contributed by atoms with Crippen LogP contribution in [0.15, 0.2) is 53.4 Å². The Kier molecular flexibility index (Phi) is 10.1. The normalized spacial score (nSPS) is 12.1. The highest BCUT2D eigenvalue weighted by atomic mass is 32.2. The maximum Gasteiger partial charge on any atom is 0.335 e. The highest BCUT2D eigenvalue weighted by Gasteiger charge is 2.21. The second-order valence-electron chi connectivity index (χ2n) is 9.33. The Morgan fingerprint density at radius 2 is 1.72 bits per heavy atom. The van der Waals surface area contributed by atoms with Crippen molar-refractivity contribution in [2.75, 3.05) is 24.9 Å². The highest BCUT2D eigenvalue weighted by molar-refractivity contribution is 7.92. The number of aryl methyl sites for hydroxylation is 2. The average molecular weight is 555 g/mol. The molecule has 3 rings (SSSR count). The van der Waals surface area contributed by atoms with Crippen LogP contribution in [-0.2, 0) is 19.6 Å². The first-order valence-electron chi connectivity index (χ1n) is 12.6. The van der Waals surface area contributed by atoms with Crippen LogP contribution in [0.1, 0.15) is 59.3 Å². The van der Waals surface area contributed by atoms with Gasteiger partial charge >= 0.3 is 11.9 Å². The van der Waals surface area contributed by atoms with Crippen molar-refractivity contribution >= 4 is 27.9 Å². The van der Waals surface area contributed by atoms with Gasteiger partial charge in [0.05, 0.1) is 23.3 Å². The maximum absolute atomic E-state index is 13.2. The van der Waals surface area contributed by atoms with E-state index in [4.69, 9.17) is 0 Å². The van der Waals surface area contributed by atoms with Crippen LogP contribution in [0.2, 0.25) is 0 Å². The number of anilines is 1. The van der Waals surface area contributed by atoms with E-state index in [0.29, 0.717) is 43.7 Å². The van der Waals surface area contributed by atoms with Crippen LogP contribution in [0.3, 0.4) is 0 Å². The molecule has 0 fully saturated rings. The van der Waals surface area contributed by atoms with Gasteiger partial charge in [-0.05, 0) is 81.1 Å². The Morgan fingerprint density at radius 3 is 2.38 bits per heavy atom. The van der Waals surface area contributed by atoms with Gasteiger partial charge in [0.15, 0.2) is 0 Å². The van der Waals surface area contributed by atoms with Crippen molar-refractivity contribution in [1.82, 2.24) is 15.3 Å². The molecule has 0 aliphatic rings. The van der Waals surface area contributed by atoms with E-state index in [1.807, 2.05) is 45.0 Å². The summed E-state index contributed by atoms with van der Waals surface area (Å²) >= 11 is 0. The van der Waals surface area contributed by atoms with Crippen LogP contribution < -0.4 is 10.0 Å². The van der Waals surface area contributed by atoms with Crippen LogP contribution in [0.25, 0.3) is 11.3 Å². The summed E-state index contributed by atoms with van der Waals surface area (Å²) < 4.78 is 33.4. The Hall–Kier alpha value is -3.83. The fraction of sp³-hybridized carbons (Fsp3) is 0.357. The van der Waals surface area contributed by atoms with E-state index in [9.17, 15) is 23.1 Å². The summed E-state index contributed by atoms with van der Waals surface area (Å²) in [6.07, 6.45) is 1.73. The molecule has 1 heterocycles. The van der Waals surface area contributed by atoms with E-state index in [2.05, 4.69) is 24.7 Å². The van der Waals surface area contributed by atoms with E-state index in [1.54, 1.807) is 0 Å². The van der Waals surface area contributed by atoms with Crippen LogP contribution in [0, 0.1) is 13.8 Å². The molecule has 0 amide bonds. The molecule has 2 aromatic carbocycles. The van der Waals surface area contributed by atoms with Gasteiger partial charge in [0.25, 0.3) is 10.0 Å². The molecular formula is C28H34N4O6S. The minimum atomic E-state index is -4.16. The predicted octanol–water partition coefficient (Wildman–Crippen LogP) is 4.30. The number of benzene rings is 2. The number of carbonyl (C=O) groups excluding carboxylic acids is 1. The smallest absolute Gasteiger partial charge is 0.335 e. The number of carboxylic acids is 1. The molecule has 1 aromatic heterocycles. The van der Waals surface area contributed by atoms with Gasteiger partial charge in [0, 0.05) is 17.7 Å². The third-order valence-electron chi connectivity index (χ3n) is 6.32. The molecule has 3 aromatic rings. The third kappa shape index (κ3) is 8.08. The lowest BCUT2D eigenvalue weighted by molar-refractivity contribution is -0.140. The third-order valence-corrected chi connectivity index (χ3v) is 7.65. The molecule has 0 aliphatic heterocycles. The van der Waals surface area contributed by atoms with Crippen molar-refractivity contribution in [3.63, 3.8) is 0 Å². The lowest BCUT2D eigenvalue weighted by atomic mass is 9.97. The molecule has 0 radical (unpaired) electrons. The number of esters is 1. The summed E-state index contributed by atoms with van der Waals surface area (Å²) in [5.74, 6) is -1.60. The SMILES string of the molecule is COC(=O)CCCNCCC(C)c1cc(-c2c(C)cccc2C)nc(NS(=O)(=O)c2cccc(C(=O)O)c2)n1. The number of carbonyl (C=O) groups is 2. The Balaban J connectivity index is 1.88. The molecule has 1 unspecified atom stereocenters. The van der Waals surface area contributed by atoms with Crippen molar-refractivity contribution in [3.05, 3.63) is 70.9 Å². The zero-order valence-corrected chi connectivity index (χ0v) is 23.3. The number of hydrogen-bond acceptors (Lipinski definition) is 8. The molecule has 3 N–H and O–H groups in total. The maximum atomic E-state index is 13.2. The molecule has 0 saturated heterocycles. The summed E-state index contributed by atoms with van der Waals surface area (Å²) in [5.41, 5.74) is 3.98. The number of aromatic nitrogens is 2. The van der Waals surface area contributed by atoms with Gasteiger partial charge < -0.3 is 15.2 Å². The van der Waals surface area contributed by atoms with E-state index in [1.165, 1.54) is 25.3 Å². The first kappa shape index (κ1) is 29.7. The number of aromatic carboxylic acids is 1. The van der Waals surface area contributed by atoms with Crippen molar-refractivity contribution in [1.29, 1.82) is 0 Å². The topological polar surface area (TPSA) is 148 Å². The molecule has 10 nitrogen and oxygen atoms in total. The lowest BCUT2D eigenvalue weighted by Gasteiger charge is -2.17. The van der Waals surface area contributed by atoms with Crippen LogP contribution in [-0.4, -0.2) is 55.6 Å². The van der Waals surface area contributed by atoms with Gasteiger partial charge in [-0.25, -0.2) is 27.9 Å². The van der Waals surface area contributed by atoms with Crippen molar-refractivity contribution in [2.24, 2.45) is 0 Å². The Morgan fingerprint density at radius 1 is 1.03 bits per heavy atom. The molecule has 1 atom stereocenters. The van der Waals surface area contributed by atoms with Gasteiger partial charge in [-0.15, -0.1) is 0 Å². The fourth-order valence-corrected chi connectivity index (χ4v) is 5.13. The number of nitrogens with zero attached hydrogens (tertiary/aromatic N) is 2. The van der Waals surface area contributed by atoms with E-state index >= 15 is 0 Å². The van der Waals surface area contributed by atoms with Gasteiger partial charge in [0.2, 0.25) is 5.95 Å². The second-order valence-corrected chi connectivity index (χ2v) is 11.0. The number of methoxy groups -OCH3 is 1. The zero-order chi connectivity index (χ0) is 28.6. The second kappa shape index (κ2) is 13.3. The van der Waals surface area contributed by atoms with Gasteiger partial charge in [-0.2, -0.15) is 0 Å². The minimum Gasteiger partial charge on any atom is -0.478 e. The standard InChI is InChI=1S/C28H34N4O6S/c1-18(13-15-29-14-7-12-25(33)38-4)23-17-24(26-19(2)8-5-9-20(26)3)31-28(30-23)32-39(36,37)22-11-6-10-21(16-22)27(34)35/h5-6,8-11,16-18,29H,7,12-15H2,1-4H3,(H,34,35)(H,30,31,32). The van der Waals surface area contributed by atoms with E-state index < -0.39 is 16.0 Å². The fourth-order valence-electron chi connectivity index (χ4n) is 4.14. The molecule has 0 aliphatic carbocycles. The van der Waals surface area contributed by atoms with Crippen LogP contribution in [0.4, 0.5) is 5.95 Å². The first-order valence-corrected chi connectivity index (χ1v) is 14.1. The molecule has 0 spiro atoms. The molecular weight excluding hydrogens is 520 g/mol. The number of ether oxygens (including phenoxy) is 1. The predicted molar refractivity (Wildman–Crippen MR) is 148 cm³/mol. The molecule has 0 bridgehead atoms. The Bertz CT molecular complexity index is 1420. The average Bonchev–Trinajstić information content (AvgIpc) is 2.90. The molecule has 208 valence electrons. The highest BCUT2D eigenvalue weighted by Crippen LogP contribution is 2.30. The summed E-state index contributed by atoms with van der Waals surface area (Å²) in [6, 6.07) is 12.9. The summed E-state index contributed by atoms with van der Waals surface area (Å²) in [6.45, 7) is 7.27. The number of sulfonamides is 1. The molecule has 0 saturated carbocycles. The van der Waals surface area contributed by atoms with Gasteiger partial charge in [0.1, 0.15) is 0 Å². The first-order chi connectivity index (χ1) is 18.5. The van der Waals surface area contributed by atoms with Crippen molar-refractivity contribution < 1.29 is 27.9 Å². The Labute approximate surface area is 228 Å². The van der Waals surface area contributed by atoms with Crippen molar-refractivity contribution in [2.45, 2.75) is 50.8 Å². The quantitative estimate of drug-likeness (QED) is 0.208. The monoisotopic (exact) mass is 554 g/mol. The van der Waals surface area contributed by atoms with Crippen molar-refractivity contribution in [3.8, 4) is 11.3 Å². The summed E-state index contributed by atoms with van der Waals surface area (Å²) in [4.78, 5) is 31.5. The summed E-state index contributed by atoms with van der Waals surface area (Å²) in [7, 11) is -2.79. The number of nitrogens with one attached hydrogen (secondary N) is 2. The number of carboxylic acid groups (broad SMARTS) is 1. The number of hydrogen-bond donors (Lipinski definition) is 3. The van der Waals surface area contributed by atoms with Gasteiger partial charge in [-0.3, -0.25) is 4.79 Å². The van der Waals surface area contributed by atoms with Crippen LogP contribution in [0.5, 0.6) is 0 Å². The van der Waals surface area contributed by atoms with Gasteiger partial charge in [-0.1, -0.05) is 31.2 Å². The number of rotatable bonds is 13. The van der Waals surface area contributed by atoms with E-state index in [-0.39, 0.29) is 28.3 Å². The zero-order valence-electron chi connectivity index (χ0n) is 22.5. The molecule has 11 heteroatoms. The molecule has 39 heavy (non-hydrogen) atoms. The minimum absolute atomic E-state index is 0.0391. The van der Waals surface area contributed by atoms with Crippen LogP contribution >= 0.6 is 0 Å². The lowest BCUT2D eigenvalue weighted by Crippen LogP contribution is -2.20. The largest absolute Gasteiger partial charge is 0.478 e. The summed E-state index contributed by atoms with van der Waals surface area (Å²) in [5, 5.41) is 12.6. The van der Waals surface area contributed by atoms with E-state index in [0.717, 1.165) is 22.8 Å².